The highest BCUT2D eigenvalue weighted by Crippen LogP contribution is 2.28. The summed E-state index contributed by atoms with van der Waals surface area (Å²) >= 11 is 0. The first-order valence-electron chi connectivity index (χ1n) is 7.97. The highest BCUT2D eigenvalue weighted by atomic mass is 16.5. The van der Waals surface area contributed by atoms with Crippen molar-refractivity contribution in [1.82, 2.24) is 4.90 Å². The van der Waals surface area contributed by atoms with Gasteiger partial charge in [0.1, 0.15) is 5.75 Å². The minimum absolute atomic E-state index is 0.0548. The van der Waals surface area contributed by atoms with Crippen molar-refractivity contribution in [3.05, 3.63) is 23.8 Å². The van der Waals surface area contributed by atoms with Gasteiger partial charge in [-0.05, 0) is 30.5 Å². The molecule has 0 unspecified atom stereocenters. The van der Waals surface area contributed by atoms with Crippen LogP contribution in [0.5, 0.6) is 5.75 Å². The standard InChI is InChI=1S/C17H24N2O3/c1-3-8-19(9-4-2)17(21)12-13-5-6-15-14(11-13)18-16(20)7-10-22-15/h5-6,11H,3-4,7-10,12H2,1-2H3,(H,18,20). The highest BCUT2D eigenvalue weighted by Gasteiger charge is 2.16. The minimum Gasteiger partial charge on any atom is -0.491 e. The zero-order valence-corrected chi connectivity index (χ0v) is 13.4. The molecule has 5 nitrogen and oxygen atoms in total. The Morgan fingerprint density at radius 2 is 2.00 bits per heavy atom. The number of nitrogens with one attached hydrogen (secondary N) is 1. The van der Waals surface area contributed by atoms with Crippen LogP contribution in [0.4, 0.5) is 5.69 Å². The molecule has 0 aromatic heterocycles. The van der Waals surface area contributed by atoms with Crippen molar-refractivity contribution >= 4 is 17.5 Å². The monoisotopic (exact) mass is 304 g/mol. The van der Waals surface area contributed by atoms with Gasteiger partial charge in [-0.25, -0.2) is 0 Å². The van der Waals surface area contributed by atoms with Gasteiger partial charge in [0.25, 0.3) is 0 Å². The van der Waals surface area contributed by atoms with Gasteiger partial charge in [-0.1, -0.05) is 19.9 Å². The van der Waals surface area contributed by atoms with Crippen molar-refractivity contribution in [2.75, 3.05) is 25.0 Å². The number of benzene rings is 1. The van der Waals surface area contributed by atoms with Crippen LogP contribution in [0.15, 0.2) is 18.2 Å². The van der Waals surface area contributed by atoms with E-state index in [1.165, 1.54) is 0 Å². The summed E-state index contributed by atoms with van der Waals surface area (Å²) in [6.45, 7) is 6.11. The molecule has 1 aromatic rings. The van der Waals surface area contributed by atoms with E-state index in [4.69, 9.17) is 4.74 Å². The highest BCUT2D eigenvalue weighted by molar-refractivity contribution is 5.93. The summed E-state index contributed by atoms with van der Waals surface area (Å²) in [5.41, 5.74) is 1.55. The maximum absolute atomic E-state index is 12.4. The molecule has 0 aliphatic carbocycles. The normalized spacial score (nSPS) is 13.6. The van der Waals surface area contributed by atoms with Gasteiger partial charge in [0.2, 0.25) is 11.8 Å². The molecule has 0 saturated carbocycles. The van der Waals surface area contributed by atoms with E-state index in [-0.39, 0.29) is 11.8 Å². The number of hydrogen-bond acceptors (Lipinski definition) is 3. The van der Waals surface area contributed by atoms with E-state index in [1.54, 1.807) is 0 Å². The summed E-state index contributed by atoms with van der Waals surface area (Å²) in [6, 6.07) is 5.56. The van der Waals surface area contributed by atoms with Crippen LogP contribution in [0.25, 0.3) is 0 Å². The fraction of sp³-hybridized carbons (Fsp3) is 0.529. The topological polar surface area (TPSA) is 58.6 Å². The fourth-order valence-electron chi connectivity index (χ4n) is 2.56. The number of amides is 2. The Bertz CT molecular complexity index is 537. The summed E-state index contributed by atoms with van der Waals surface area (Å²) in [5.74, 6) is 0.742. The van der Waals surface area contributed by atoms with E-state index in [9.17, 15) is 9.59 Å². The maximum atomic E-state index is 12.4. The molecule has 2 amide bonds. The zero-order valence-electron chi connectivity index (χ0n) is 13.4. The Kier molecular flexibility index (Phi) is 5.81. The van der Waals surface area contributed by atoms with Crippen LogP contribution < -0.4 is 10.1 Å². The van der Waals surface area contributed by atoms with Crippen LogP contribution in [0.1, 0.15) is 38.7 Å². The number of hydrogen-bond donors (Lipinski definition) is 1. The fourth-order valence-corrected chi connectivity index (χ4v) is 2.56. The molecule has 0 spiro atoms. The summed E-state index contributed by atoms with van der Waals surface area (Å²) < 4.78 is 5.52. The van der Waals surface area contributed by atoms with Gasteiger partial charge in [-0.3, -0.25) is 9.59 Å². The molecule has 0 bridgehead atoms. The van der Waals surface area contributed by atoms with Crippen LogP contribution in [0.2, 0.25) is 0 Å². The lowest BCUT2D eigenvalue weighted by Crippen LogP contribution is -2.33. The lowest BCUT2D eigenvalue weighted by molar-refractivity contribution is -0.130. The molecule has 0 radical (unpaired) electrons. The molecule has 0 saturated heterocycles. The molecule has 1 heterocycles. The van der Waals surface area contributed by atoms with Crippen molar-refractivity contribution in [3.63, 3.8) is 0 Å². The van der Waals surface area contributed by atoms with E-state index in [2.05, 4.69) is 19.2 Å². The third-order valence-corrected chi connectivity index (χ3v) is 3.60. The summed E-state index contributed by atoms with van der Waals surface area (Å²) in [7, 11) is 0. The van der Waals surface area contributed by atoms with Crippen LogP contribution >= 0.6 is 0 Å². The Morgan fingerprint density at radius 1 is 1.27 bits per heavy atom. The number of carbonyl (C=O) groups is 2. The van der Waals surface area contributed by atoms with Crippen molar-refractivity contribution in [1.29, 1.82) is 0 Å². The lowest BCUT2D eigenvalue weighted by Gasteiger charge is -2.21. The first kappa shape index (κ1) is 16.3. The molecular weight excluding hydrogens is 280 g/mol. The molecule has 1 aromatic carbocycles. The molecule has 1 aliphatic heterocycles. The molecule has 0 atom stereocenters. The third kappa shape index (κ3) is 4.23. The van der Waals surface area contributed by atoms with Crippen molar-refractivity contribution < 1.29 is 14.3 Å². The number of carbonyl (C=O) groups excluding carboxylic acids is 2. The van der Waals surface area contributed by atoms with Gasteiger partial charge in [-0.2, -0.15) is 0 Å². The van der Waals surface area contributed by atoms with Crippen molar-refractivity contribution in [2.45, 2.75) is 39.5 Å². The number of ether oxygens (including phenoxy) is 1. The van der Waals surface area contributed by atoms with Gasteiger partial charge in [0.15, 0.2) is 0 Å². The Labute approximate surface area is 131 Å². The largest absolute Gasteiger partial charge is 0.491 e. The van der Waals surface area contributed by atoms with Gasteiger partial charge in [-0.15, -0.1) is 0 Å². The molecule has 22 heavy (non-hydrogen) atoms. The van der Waals surface area contributed by atoms with Crippen molar-refractivity contribution in [3.8, 4) is 5.75 Å². The Balaban J connectivity index is 2.09. The quantitative estimate of drug-likeness (QED) is 0.879. The Morgan fingerprint density at radius 3 is 2.68 bits per heavy atom. The maximum Gasteiger partial charge on any atom is 0.227 e. The minimum atomic E-state index is -0.0548. The predicted octanol–water partition coefficient (Wildman–Crippen LogP) is 2.60. The summed E-state index contributed by atoms with van der Waals surface area (Å²) in [6.07, 6.45) is 2.62. The number of fused-ring (bicyclic) bond motifs is 1. The number of anilines is 1. The van der Waals surface area contributed by atoms with Gasteiger partial charge in [0, 0.05) is 13.1 Å². The van der Waals surface area contributed by atoms with Gasteiger partial charge < -0.3 is 15.0 Å². The van der Waals surface area contributed by atoms with Gasteiger partial charge >= 0.3 is 0 Å². The second kappa shape index (κ2) is 7.82. The Hall–Kier alpha value is -2.04. The smallest absolute Gasteiger partial charge is 0.227 e. The lowest BCUT2D eigenvalue weighted by atomic mass is 10.1. The number of nitrogens with zero attached hydrogens (tertiary/aromatic N) is 1. The van der Waals surface area contributed by atoms with E-state index >= 15 is 0 Å². The molecule has 120 valence electrons. The van der Waals surface area contributed by atoms with E-state index < -0.39 is 0 Å². The van der Waals surface area contributed by atoms with Gasteiger partial charge in [0.05, 0.1) is 25.1 Å². The summed E-state index contributed by atoms with van der Waals surface area (Å²) in [5, 5.41) is 2.83. The van der Waals surface area contributed by atoms with E-state index in [0.717, 1.165) is 31.5 Å². The van der Waals surface area contributed by atoms with Crippen LogP contribution in [0.3, 0.4) is 0 Å². The average molecular weight is 304 g/mol. The molecular formula is C17H24N2O3. The molecule has 5 heteroatoms. The third-order valence-electron chi connectivity index (χ3n) is 3.60. The first-order valence-corrected chi connectivity index (χ1v) is 7.97. The molecule has 0 fully saturated rings. The molecule has 2 rings (SSSR count). The van der Waals surface area contributed by atoms with Crippen LogP contribution in [-0.4, -0.2) is 36.4 Å². The SMILES string of the molecule is CCCN(CCC)C(=O)Cc1ccc2c(c1)NC(=O)CCO2. The zero-order chi connectivity index (χ0) is 15.9. The second-order valence-corrected chi connectivity index (χ2v) is 5.53. The van der Waals surface area contributed by atoms with E-state index in [0.29, 0.717) is 30.9 Å². The predicted molar refractivity (Wildman–Crippen MR) is 86.0 cm³/mol. The average Bonchev–Trinajstić information content (AvgIpc) is 2.67. The van der Waals surface area contributed by atoms with E-state index in [1.807, 2.05) is 23.1 Å². The second-order valence-electron chi connectivity index (χ2n) is 5.53. The van der Waals surface area contributed by atoms with Crippen LogP contribution in [-0.2, 0) is 16.0 Å². The molecule has 1 aliphatic rings. The number of rotatable bonds is 6. The first-order chi connectivity index (χ1) is 10.6. The molecule has 1 N–H and O–H groups in total. The van der Waals surface area contributed by atoms with Crippen molar-refractivity contribution in [2.24, 2.45) is 0 Å². The van der Waals surface area contributed by atoms with Crippen LogP contribution in [0, 0.1) is 0 Å². The summed E-state index contributed by atoms with van der Waals surface area (Å²) in [4.78, 5) is 25.9.